The second kappa shape index (κ2) is 4.00. The van der Waals surface area contributed by atoms with Crippen LogP contribution in [0.1, 0.15) is 30.2 Å². The van der Waals surface area contributed by atoms with E-state index in [9.17, 15) is 4.79 Å². The Morgan fingerprint density at radius 1 is 1.31 bits per heavy atom. The normalized spacial score (nSPS) is 11.0. The number of nitrogens with zero attached hydrogens (tertiary/aromatic N) is 1. The highest BCUT2D eigenvalue weighted by atomic mass is 16.1. The summed E-state index contributed by atoms with van der Waals surface area (Å²) < 4.78 is 2.17. The molecule has 0 saturated heterocycles. The van der Waals surface area contributed by atoms with Gasteiger partial charge in [-0.2, -0.15) is 0 Å². The molecule has 3 heteroatoms. The fourth-order valence-electron chi connectivity index (χ4n) is 1.88. The van der Waals surface area contributed by atoms with E-state index in [1.54, 1.807) is 7.05 Å². The quantitative estimate of drug-likeness (QED) is 0.822. The summed E-state index contributed by atoms with van der Waals surface area (Å²) in [6, 6.07) is 8.25. The number of fused-ring (bicyclic) bond motifs is 1. The summed E-state index contributed by atoms with van der Waals surface area (Å²) in [4.78, 5) is 11.5. The third-order valence-electron chi connectivity index (χ3n) is 2.77. The maximum Gasteiger partial charge on any atom is 0.251 e. The van der Waals surface area contributed by atoms with Gasteiger partial charge in [0.2, 0.25) is 0 Å². The molecule has 1 N–H and O–H groups in total. The Morgan fingerprint density at radius 3 is 2.69 bits per heavy atom. The van der Waals surface area contributed by atoms with E-state index in [-0.39, 0.29) is 5.91 Å². The summed E-state index contributed by atoms with van der Waals surface area (Å²) in [5, 5.41) is 3.81. The van der Waals surface area contributed by atoms with Crippen LogP contribution in [0.2, 0.25) is 0 Å². The molecule has 84 valence electrons. The first kappa shape index (κ1) is 10.7. The van der Waals surface area contributed by atoms with Crippen LogP contribution in [0.4, 0.5) is 0 Å². The van der Waals surface area contributed by atoms with Crippen molar-refractivity contribution in [1.82, 2.24) is 9.88 Å². The van der Waals surface area contributed by atoms with Gasteiger partial charge in [-0.05, 0) is 37.4 Å². The zero-order valence-corrected chi connectivity index (χ0v) is 9.82. The van der Waals surface area contributed by atoms with Gasteiger partial charge in [-0.15, -0.1) is 0 Å². The maximum absolute atomic E-state index is 11.5. The highest BCUT2D eigenvalue weighted by Crippen LogP contribution is 2.21. The molecule has 2 rings (SSSR count). The molecule has 3 nitrogen and oxygen atoms in total. The zero-order chi connectivity index (χ0) is 11.7. The van der Waals surface area contributed by atoms with E-state index in [2.05, 4.69) is 36.0 Å². The number of amides is 1. The summed E-state index contributed by atoms with van der Waals surface area (Å²) in [6.45, 7) is 4.26. The van der Waals surface area contributed by atoms with Gasteiger partial charge in [0.05, 0.1) is 0 Å². The molecule has 0 aliphatic heterocycles. The largest absolute Gasteiger partial charge is 0.355 e. The molecule has 1 amide bonds. The van der Waals surface area contributed by atoms with Crippen molar-refractivity contribution in [3.8, 4) is 0 Å². The fraction of sp³-hybridized carbons (Fsp3) is 0.308. The lowest BCUT2D eigenvalue weighted by Crippen LogP contribution is -2.17. The third-order valence-corrected chi connectivity index (χ3v) is 2.77. The first-order chi connectivity index (χ1) is 7.63. The van der Waals surface area contributed by atoms with Gasteiger partial charge in [-0.1, -0.05) is 6.07 Å². The summed E-state index contributed by atoms with van der Waals surface area (Å²) >= 11 is 0. The Kier molecular flexibility index (Phi) is 2.69. The Labute approximate surface area is 95.1 Å². The number of carbonyl (C=O) groups excluding carboxylic acids is 1. The highest BCUT2D eigenvalue weighted by Gasteiger charge is 2.08. The Bertz CT molecular complexity index is 526. The molecule has 0 fully saturated rings. The van der Waals surface area contributed by atoms with Crippen molar-refractivity contribution in [2.45, 2.75) is 19.9 Å². The molecule has 0 unspecified atom stereocenters. The van der Waals surface area contributed by atoms with Gasteiger partial charge in [0.25, 0.3) is 5.91 Å². The SMILES string of the molecule is CNC(=O)c1ccc2ccn(C(C)C)c2c1. The molecule has 0 aliphatic rings. The number of hydrogen-bond donors (Lipinski definition) is 1. The lowest BCUT2D eigenvalue weighted by Gasteiger charge is -2.09. The van der Waals surface area contributed by atoms with E-state index in [0.29, 0.717) is 11.6 Å². The van der Waals surface area contributed by atoms with Gasteiger partial charge in [-0.3, -0.25) is 4.79 Å². The van der Waals surface area contributed by atoms with E-state index < -0.39 is 0 Å². The third kappa shape index (κ3) is 1.69. The molecule has 0 spiro atoms. The fourth-order valence-corrected chi connectivity index (χ4v) is 1.88. The second-order valence-corrected chi connectivity index (χ2v) is 4.17. The first-order valence-corrected chi connectivity index (χ1v) is 5.46. The zero-order valence-electron chi connectivity index (χ0n) is 9.82. The van der Waals surface area contributed by atoms with E-state index in [1.807, 2.05) is 18.2 Å². The van der Waals surface area contributed by atoms with Crippen LogP contribution in [-0.2, 0) is 0 Å². The van der Waals surface area contributed by atoms with Gasteiger partial charge in [-0.25, -0.2) is 0 Å². The molecule has 2 aromatic rings. The van der Waals surface area contributed by atoms with E-state index >= 15 is 0 Å². The predicted octanol–water partition coefficient (Wildman–Crippen LogP) is 2.58. The molecule has 0 atom stereocenters. The van der Waals surface area contributed by atoms with Crippen LogP contribution in [0, 0.1) is 0 Å². The maximum atomic E-state index is 11.5. The van der Waals surface area contributed by atoms with Crippen molar-refractivity contribution in [2.75, 3.05) is 7.05 Å². The van der Waals surface area contributed by atoms with Gasteiger partial charge < -0.3 is 9.88 Å². The number of hydrogen-bond acceptors (Lipinski definition) is 1. The van der Waals surface area contributed by atoms with Crippen LogP contribution in [0.25, 0.3) is 10.9 Å². The molecule has 1 heterocycles. The molecule has 1 aromatic carbocycles. The minimum Gasteiger partial charge on any atom is -0.355 e. The monoisotopic (exact) mass is 216 g/mol. The Morgan fingerprint density at radius 2 is 2.06 bits per heavy atom. The number of benzene rings is 1. The van der Waals surface area contributed by atoms with Crippen LogP contribution >= 0.6 is 0 Å². The van der Waals surface area contributed by atoms with E-state index in [4.69, 9.17) is 0 Å². The number of carbonyl (C=O) groups is 1. The standard InChI is InChI=1S/C13H16N2O/c1-9(2)15-7-6-10-4-5-11(8-12(10)15)13(16)14-3/h4-9H,1-3H3,(H,14,16). The van der Waals surface area contributed by atoms with E-state index in [0.717, 1.165) is 5.52 Å². The lowest BCUT2D eigenvalue weighted by molar-refractivity contribution is 0.0963. The summed E-state index contributed by atoms with van der Waals surface area (Å²) in [5.74, 6) is -0.0431. The summed E-state index contributed by atoms with van der Waals surface area (Å²) in [7, 11) is 1.65. The molecule has 0 bridgehead atoms. The molecule has 16 heavy (non-hydrogen) atoms. The molecule has 0 saturated carbocycles. The molecule has 1 aromatic heterocycles. The first-order valence-electron chi connectivity index (χ1n) is 5.46. The molecular weight excluding hydrogens is 200 g/mol. The van der Waals surface area contributed by atoms with Crippen LogP contribution in [0.5, 0.6) is 0 Å². The van der Waals surface area contributed by atoms with Gasteiger partial charge in [0, 0.05) is 30.4 Å². The minimum absolute atomic E-state index is 0.0431. The highest BCUT2D eigenvalue weighted by molar-refractivity contribution is 5.97. The molecular formula is C13H16N2O. The predicted molar refractivity (Wildman–Crippen MR) is 65.7 cm³/mol. The smallest absolute Gasteiger partial charge is 0.251 e. The lowest BCUT2D eigenvalue weighted by atomic mass is 10.1. The van der Waals surface area contributed by atoms with Crippen molar-refractivity contribution < 1.29 is 4.79 Å². The van der Waals surface area contributed by atoms with Crippen LogP contribution in [-0.4, -0.2) is 17.5 Å². The molecule has 0 radical (unpaired) electrons. The van der Waals surface area contributed by atoms with Crippen LogP contribution < -0.4 is 5.32 Å². The number of rotatable bonds is 2. The summed E-state index contributed by atoms with van der Waals surface area (Å²) in [6.07, 6.45) is 2.06. The van der Waals surface area contributed by atoms with Crippen LogP contribution in [0.15, 0.2) is 30.5 Å². The van der Waals surface area contributed by atoms with Gasteiger partial charge >= 0.3 is 0 Å². The van der Waals surface area contributed by atoms with Gasteiger partial charge in [0.1, 0.15) is 0 Å². The van der Waals surface area contributed by atoms with Crippen molar-refractivity contribution in [3.05, 3.63) is 36.0 Å². The number of aromatic nitrogens is 1. The van der Waals surface area contributed by atoms with Crippen molar-refractivity contribution in [3.63, 3.8) is 0 Å². The van der Waals surface area contributed by atoms with Crippen molar-refractivity contribution in [1.29, 1.82) is 0 Å². The average molecular weight is 216 g/mol. The molecule has 0 aliphatic carbocycles. The van der Waals surface area contributed by atoms with Crippen molar-refractivity contribution >= 4 is 16.8 Å². The van der Waals surface area contributed by atoms with Crippen LogP contribution in [0.3, 0.4) is 0 Å². The topological polar surface area (TPSA) is 34.0 Å². The second-order valence-electron chi connectivity index (χ2n) is 4.17. The summed E-state index contributed by atoms with van der Waals surface area (Å²) in [5.41, 5.74) is 1.81. The average Bonchev–Trinajstić information content (AvgIpc) is 2.70. The Hall–Kier alpha value is -1.77. The Balaban J connectivity index is 2.58. The van der Waals surface area contributed by atoms with Crippen molar-refractivity contribution in [2.24, 2.45) is 0 Å². The van der Waals surface area contributed by atoms with E-state index in [1.165, 1.54) is 5.39 Å². The minimum atomic E-state index is -0.0431. The number of nitrogens with one attached hydrogen (secondary N) is 1. The van der Waals surface area contributed by atoms with Gasteiger partial charge in [0.15, 0.2) is 0 Å².